The lowest BCUT2D eigenvalue weighted by molar-refractivity contribution is 0.415. The number of rotatable bonds is 5. The maximum atomic E-state index is 5.41. The minimum Gasteiger partial charge on any atom is -0.497 e. The molecule has 0 aliphatic rings. The fourth-order valence-corrected chi connectivity index (χ4v) is 4.27. The molecule has 4 aromatic rings. The zero-order chi connectivity index (χ0) is 18.5. The SMILES string of the molecule is COc1ccc([B-](c2ccccc2)(c2ccccc2)c2ccccc2)cc1. The predicted molar refractivity (Wildman–Crippen MR) is 117 cm³/mol. The van der Waals surface area contributed by atoms with Gasteiger partial charge in [-0.1, -0.05) is 103 Å². The highest BCUT2D eigenvalue weighted by atomic mass is 16.5. The minimum atomic E-state index is -1.29. The minimum absolute atomic E-state index is 0.873. The van der Waals surface area contributed by atoms with E-state index in [1.54, 1.807) is 7.11 Å². The zero-order valence-electron chi connectivity index (χ0n) is 15.5. The summed E-state index contributed by atoms with van der Waals surface area (Å²) in [4.78, 5) is 0. The van der Waals surface area contributed by atoms with Crippen molar-refractivity contribution in [2.24, 2.45) is 0 Å². The largest absolute Gasteiger partial charge is 0.497 e. The average Bonchev–Trinajstić information content (AvgIpc) is 2.77. The number of ether oxygens (including phenoxy) is 1. The van der Waals surface area contributed by atoms with Gasteiger partial charge in [-0.15, -0.1) is 0 Å². The van der Waals surface area contributed by atoms with Crippen molar-refractivity contribution in [3.8, 4) is 5.75 Å². The highest BCUT2D eigenvalue weighted by Gasteiger charge is 2.31. The van der Waals surface area contributed by atoms with Crippen molar-refractivity contribution in [1.82, 2.24) is 0 Å². The Morgan fingerprint density at radius 2 is 0.778 bits per heavy atom. The molecule has 27 heavy (non-hydrogen) atoms. The smallest absolute Gasteiger partial charge is 0.118 e. The topological polar surface area (TPSA) is 9.23 Å². The van der Waals surface area contributed by atoms with E-state index in [9.17, 15) is 0 Å². The molecule has 0 N–H and O–H groups in total. The Balaban J connectivity index is 2.09. The lowest BCUT2D eigenvalue weighted by Gasteiger charge is -2.44. The molecule has 0 radical (unpaired) electrons. The van der Waals surface area contributed by atoms with Gasteiger partial charge in [-0.05, 0) is 12.1 Å². The van der Waals surface area contributed by atoms with E-state index in [-0.39, 0.29) is 0 Å². The lowest BCUT2D eigenvalue weighted by atomic mass is 9.13. The normalized spacial score (nSPS) is 11.1. The quantitative estimate of drug-likeness (QED) is 0.503. The van der Waals surface area contributed by atoms with E-state index in [4.69, 9.17) is 4.74 Å². The molecule has 4 rings (SSSR count). The maximum absolute atomic E-state index is 5.41. The molecule has 132 valence electrons. The van der Waals surface area contributed by atoms with Crippen LogP contribution in [0.5, 0.6) is 5.75 Å². The van der Waals surface area contributed by atoms with Crippen molar-refractivity contribution < 1.29 is 4.74 Å². The van der Waals surface area contributed by atoms with Crippen LogP contribution < -0.4 is 26.6 Å². The van der Waals surface area contributed by atoms with Crippen LogP contribution in [0.4, 0.5) is 0 Å². The first kappa shape index (κ1) is 17.2. The van der Waals surface area contributed by atoms with Gasteiger partial charge in [-0.3, -0.25) is 0 Å². The molecule has 4 aromatic carbocycles. The summed E-state index contributed by atoms with van der Waals surface area (Å²) in [7, 11) is 1.71. The molecule has 0 saturated carbocycles. The Bertz CT molecular complexity index is 884. The van der Waals surface area contributed by atoms with Crippen LogP contribution in [0.2, 0.25) is 0 Å². The van der Waals surface area contributed by atoms with Gasteiger partial charge in [0.05, 0.1) is 7.11 Å². The van der Waals surface area contributed by atoms with Gasteiger partial charge in [0.15, 0.2) is 0 Å². The van der Waals surface area contributed by atoms with Crippen LogP contribution in [0, 0.1) is 0 Å². The van der Waals surface area contributed by atoms with Crippen molar-refractivity contribution in [1.29, 1.82) is 0 Å². The number of hydrogen-bond acceptors (Lipinski definition) is 1. The third kappa shape index (κ3) is 3.04. The highest BCUT2D eigenvalue weighted by Crippen LogP contribution is 2.13. The summed E-state index contributed by atoms with van der Waals surface area (Å²) in [6.07, 6.45) is -1.29. The first-order chi connectivity index (χ1) is 13.4. The molecule has 0 bridgehead atoms. The van der Waals surface area contributed by atoms with Gasteiger partial charge in [0, 0.05) is 0 Å². The molecule has 0 saturated heterocycles. The number of benzene rings is 4. The van der Waals surface area contributed by atoms with Crippen molar-refractivity contribution in [2.45, 2.75) is 0 Å². The van der Waals surface area contributed by atoms with Crippen LogP contribution in [0.25, 0.3) is 0 Å². The third-order valence-corrected chi connectivity index (χ3v) is 5.51. The molecule has 0 aliphatic heterocycles. The summed E-state index contributed by atoms with van der Waals surface area (Å²) in [6, 6.07) is 40.9. The fourth-order valence-electron chi connectivity index (χ4n) is 4.27. The molecule has 0 spiro atoms. The average molecular weight is 349 g/mol. The van der Waals surface area contributed by atoms with Gasteiger partial charge in [0.1, 0.15) is 11.9 Å². The Labute approximate surface area is 161 Å². The van der Waals surface area contributed by atoms with E-state index in [0.717, 1.165) is 5.75 Å². The van der Waals surface area contributed by atoms with E-state index < -0.39 is 6.15 Å². The second-order valence-corrected chi connectivity index (χ2v) is 6.87. The van der Waals surface area contributed by atoms with Crippen molar-refractivity contribution in [3.05, 3.63) is 115 Å². The molecule has 0 unspecified atom stereocenters. The van der Waals surface area contributed by atoms with Gasteiger partial charge >= 0.3 is 0 Å². The molecular formula is C25H22BO-. The summed E-state index contributed by atoms with van der Waals surface area (Å²) in [5.41, 5.74) is 5.19. The Morgan fingerprint density at radius 1 is 0.444 bits per heavy atom. The molecule has 1 nitrogen and oxygen atoms in total. The predicted octanol–water partition coefficient (Wildman–Crippen LogP) is 3.07. The van der Waals surface area contributed by atoms with E-state index >= 15 is 0 Å². The summed E-state index contributed by atoms with van der Waals surface area (Å²) < 4.78 is 5.41. The molecule has 2 heteroatoms. The van der Waals surface area contributed by atoms with Crippen molar-refractivity contribution in [2.75, 3.05) is 7.11 Å². The van der Waals surface area contributed by atoms with Crippen molar-refractivity contribution in [3.63, 3.8) is 0 Å². The fraction of sp³-hybridized carbons (Fsp3) is 0.0400. The number of hydrogen-bond donors (Lipinski definition) is 0. The molecular weight excluding hydrogens is 327 g/mol. The second kappa shape index (κ2) is 7.55. The lowest BCUT2D eigenvalue weighted by Crippen LogP contribution is -2.74. The molecule has 0 aromatic heterocycles. The van der Waals surface area contributed by atoms with E-state index in [0.29, 0.717) is 0 Å². The Kier molecular flexibility index (Phi) is 4.80. The standard InChI is InChI=1S/C25H22BO/c1-27-25-19-17-24(18-20-25)26(21-11-5-2-6-12-21,22-13-7-3-8-14-22)23-15-9-4-10-16-23/h2-20H,1H3/q-1. The van der Waals surface area contributed by atoms with Crippen LogP contribution in [-0.4, -0.2) is 13.3 Å². The summed E-state index contributed by atoms with van der Waals surface area (Å²) in [6.45, 7) is 0. The first-order valence-electron chi connectivity index (χ1n) is 9.32. The molecule has 0 amide bonds. The highest BCUT2D eigenvalue weighted by molar-refractivity contribution is 7.19. The van der Waals surface area contributed by atoms with E-state index in [1.165, 1.54) is 21.9 Å². The van der Waals surface area contributed by atoms with Gasteiger partial charge in [0.25, 0.3) is 0 Å². The van der Waals surface area contributed by atoms with Gasteiger partial charge in [-0.25, -0.2) is 0 Å². The summed E-state index contributed by atoms with van der Waals surface area (Å²) in [5.74, 6) is 0.873. The Morgan fingerprint density at radius 3 is 1.11 bits per heavy atom. The zero-order valence-corrected chi connectivity index (χ0v) is 15.5. The van der Waals surface area contributed by atoms with E-state index in [1.807, 2.05) is 0 Å². The molecule has 0 aliphatic carbocycles. The van der Waals surface area contributed by atoms with Crippen molar-refractivity contribution >= 4 is 28.0 Å². The first-order valence-corrected chi connectivity index (χ1v) is 9.32. The monoisotopic (exact) mass is 349 g/mol. The summed E-state index contributed by atoms with van der Waals surface area (Å²) in [5, 5.41) is 0. The van der Waals surface area contributed by atoms with Crippen LogP contribution in [-0.2, 0) is 0 Å². The summed E-state index contributed by atoms with van der Waals surface area (Å²) >= 11 is 0. The van der Waals surface area contributed by atoms with Crippen LogP contribution >= 0.6 is 0 Å². The third-order valence-electron chi connectivity index (χ3n) is 5.51. The van der Waals surface area contributed by atoms with Crippen LogP contribution in [0.15, 0.2) is 115 Å². The Hall–Kier alpha value is -3.26. The van der Waals surface area contributed by atoms with Gasteiger partial charge in [0.2, 0.25) is 0 Å². The van der Waals surface area contributed by atoms with Crippen LogP contribution in [0.1, 0.15) is 0 Å². The van der Waals surface area contributed by atoms with Gasteiger partial charge in [-0.2, -0.15) is 21.9 Å². The van der Waals surface area contributed by atoms with Gasteiger partial charge < -0.3 is 4.74 Å². The van der Waals surface area contributed by atoms with Crippen LogP contribution in [0.3, 0.4) is 0 Å². The van der Waals surface area contributed by atoms with E-state index in [2.05, 4.69) is 115 Å². The molecule has 0 heterocycles. The molecule has 0 atom stereocenters. The second-order valence-electron chi connectivity index (χ2n) is 6.87. The number of methoxy groups -OCH3 is 1. The molecule has 0 fully saturated rings. The maximum Gasteiger partial charge on any atom is 0.118 e.